The van der Waals surface area contributed by atoms with Crippen LogP contribution in [0.3, 0.4) is 0 Å². The molecule has 100 valence electrons. The molecule has 0 aliphatic heterocycles. The minimum absolute atomic E-state index is 0.322. The summed E-state index contributed by atoms with van der Waals surface area (Å²) in [6.45, 7) is 13.7. The van der Waals surface area contributed by atoms with Crippen LogP contribution in [0, 0.1) is 5.41 Å². The van der Waals surface area contributed by atoms with E-state index in [-0.39, 0.29) is 5.97 Å². The molecule has 0 aliphatic carbocycles. The highest BCUT2D eigenvalue weighted by Gasteiger charge is 2.08. The Morgan fingerprint density at radius 2 is 1.71 bits per heavy atom. The zero-order valence-electron chi connectivity index (χ0n) is 11.7. The first kappa shape index (κ1) is 16.2. The number of rotatable bonds is 8. The van der Waals surface area contributed by atoms with Crippen LogP contribution in [0.15, 0.2) is 12.2 Å². The summed E-state index contributed by atoms with van der Waals surface area (Å²) in [5.74, 6) is -0.322. The zero-order valence-corrected chi connectivity index (χ0v) is 11.7. The largest absolute Gasteiger partial charge is 0.462 e. The molecular formula is C14H26O3. The Morgan fingerprint density at radius 3 is 2.24 bits per heavy atom. The van der Waals surface area contributed by atoms with Crippen LogP contribution in [0.4, 0.5) is 0 Å². The van der Waals surface area contributed by atoms with Gasteiger partial charge >= 0.3 is 5.97 Å². The fraction of sp³-hybridized carbons (Fsp3) is 0.786. The van der Waals surface area contributed by atoms with E-state index in [0.29, 0.717) is 24.2 Å². The number of carbonyl (C=O) groups excluding carboxylic acids is 1. The molecule has 0 aromatic carbocycles. The maximum absolute atomic E-state index is 11.0. The van der Waals surface area contributed by atoms with Crippen LogP contribution in [-0.2, 0) is 14.3 Å². The Kier molecular flexibility index (Phi) is 7.88. The van der Waals surface area contributed by atoms with Gasteiger partial charge in [-0.3, -0.25) is 0 Å². The molecule has 0 rings (SSSR count). The normalized spacial score (nSPS) is 11.3. The molecule has 0 aromatic rings. The summed E-state index contributed by atoms with van der Waals surface area (Å²) < 4.78 is 10.4. The van der Waals surface area contributed by atoms with Crippen LogP contribution < -0.4 is 0 Å². The molecule has 3 nitrogen and oxygen atoms in total. The lowest BCUT2D eigenvalue weighted by atomic mass is 9.91. The summed E-state index contributed by atoms with van der Waals surface area (Å²) in [4.78, 5) is 11.0. The minimum atomic E-state index is -0.322. The van der Waals surface area contributed by atoms with Crippen molar-refractivity contribution in [3.05, 3.63) is 12.2 Å². The molecule has 0 N–H and O–H groups in total. The van der Waals surface area contributed by atoms with Gasteiger partial charge in [-0.2, -0.15) is 0 Å². The fourth-order valence-electron chi connectivity index (χ4n) is 1.26. The monoisotopic (exact) mass is 242 g/mol. The topological polar surface area (TPSA) is 35.5 Å². The van der Waals surface area contributed by atoms with Gasteiger partial charge < -0.3 is 9.47 Å². The number of hydrogen-bond acceptors (Lipinski definition) is 3. The molecule has 0 saturated carbocycles. The van der Waals surface area contributed by atoms with Gasteiger partial charge in [0, 0.05) is 25.2 Å². The van der Waals surface area contributed by atoms with Crippen molar-refractivity contribution in [2.45, 2.75) is 47.0 Å². The third-order valence-electron chi connectivity index (χ3n) is 2.23. The molecule has 0 amide bonds. The first-order valence-corrected chi connectivity index (χ1v) is 6.23. The second-order valence-corrected chi connectivity index (χ2v) is 5.55. The number of ether oxygens (including phenoxy) is 2. The van der Waals surface area contributed by atoms with Crippen LogP contribution in [0.25, 0.3) is 0 Å². The second kappa shape index (κ2) is 8.29. The van der Waals surface area contributed by atoms with Crippen molar-refractivity contribution in [3.8, 4) is 0 Å². The van der Waals surface area contributed by atoms with Gasteiger partial charge in [0.25, 0.3) is 0 Å². The summed E-state index contributed by atoms with van der Waals surface area (Å²) in [7, 11) is 0. The highest BCUT2D eigenvalue weighted by atomic mass is 16.5. The Labute approximate surface area is 105 Å². The molecule has 0 aliphatic rings. The number of esters is 1. The molecule has 0 fully saturated rings. The fourth-order valence-corrected chi connectivity index (χ4v) is 1.26. The lowest BCUT2D eigenvalue weighted by molar-refractivity contribution is -0.139. The molecule has 0 radical (unpaired) electrons. The van der Waals surface area contributed by atoms with E-state index in [9.17, 15) is 4.79 Å². The van der Waals surface area contributed by atoms with Gasteiger partial charge in [-0.1, -0.05) is 27.4 Å². The predicted octanol–water partition coefficient (Wildman–Crippen LogP) is 3.34. The lowest BCUT2D eigenvalue weighted by Gasteiger charge is -2.17. The minimum Gasteiger partial charge on any atom is -0.462 e. The van der Waals surface area contributed by atoms with E-state index in [1.165, 1.54) is 0 Å². The molecule has 0 spiro atoms. The van der Waals surface area contributed by atoms with Crippen LogP contribution >= 0.6 is 0 Å². The van der Waals surface area contributed by atoms with E-state index in [4.69, 9.17) is 9.47 Å². The van der Waals surface area contributed by atoms with E-state index in [2.05, 4.69) is 27.4 Å². The average Bonchev–Trinajstić information content (AvgIpc) is 2.19. The smallest absolute Gasteiger partial charge is 0.333 e. The van der Waals surface area contributed by atoms with Crippen LogP contribution in [-0.4, -0.2) is 25.8 Å². The van der Waals surface area contributed by atoms with Crippen molar-refractivity contribution < 1.29 is 14.3 Å². The SMILES string of the molecule is C=C(C)C(=O)OCCCOCCCC(C)(C)C. The van der Waals surface area contributed by atoms with Gasteiger partial charge in [0.15, 0.2) is 0 Å². The van der Waals surface area contributed by atoms with Gasteiger partial charge in [0.1, 0.15) is 0 Å². The summed E-state index contributed by atoms with van der Waals surface area (Å²) in [5, 5.41) is 0. The van der Waals surface area contributed by atoms with E-state index in [1.807, 2.05) is 0 Å². The number of hydrogen-bond donors (Lipinski definition) is 0. The quantitative estimate of drug-likeness (QED) is 0.372. The molecule has 17 heavy (non-hydrogen) atoms. The molecule has 0 aromatic heterocycles. The number of carbonyl (C=O) groups is 1. The average molecular weight is 242 g/mol. The Hall–Kier alpha value is -0.830. The van der Waals surface area contributed by atoms with Crippen LogP contribution in [0.2, 0.25) is 0 Å². The highest BCUT2D eigenvalue weighted by molar-refractivity contribution is 5.86. The molecule has 0 heterocycles. The van der Waals surface area contributed by atoms with Crippen molar-refractivity contribution in [2.75, 3.05) is 19.8 Å². The van der Waals surface area contributed by atoms with E-state index < -0.39 is 0 Å². The van der Waals surface area contributed by atoms with Gasteiger partial charge in [-0.15, -0.1) is 0 Å². The zero-order chi connectivity index (χ0) is 13.3. The molecule has 0 atom stereocenters. The first-order chi connectivity index (χ1) is 7.83. The maximum atomic E-state index is 11.0. The van der Waals surface area contributed by atoms with Crippen molar-refractivity contribution in [1.29, 1.82) is 0 Å². The standard InChI is InChI=1S/C14H26O3/c1-12(2)13(15)17-11-7-10-16-9-6-8-14(3,4)5/h1,6-11H2,2-5H3. The lowest BCUT2D eigenvalue weighted by Crippen LogP contribution is -2.10. The van der Waals surface area contributed by atoms with E-state index in [1.54, 1.807) is 6.92 Å². The Balaban J connectivity index is 3.25. The first-order valence-electron chi connectivity index (χ1n) is 6.23. The van der Waals surface area contributed by atoms with Crippen molar-refractivity contribution in [3.63, 3.8) is 0 Å². The van der Waals surface area contributed by atoms with Gasteiger partial charge in [0.2, 0.25) is 0 Å². The third kappa shape index (κ3) is 11.4. The molecule has 3 heteroatoms. The second-order valence-electron chi connectivity index (χ2n) is 5.55. The highest BCUT2D eigenvalue weighted by Crippen LogP contribution is 2.20. The summed E-state index contributed by atoms with van der Waals surface area (Å²) in [5.41, 5.74) is 0.816. The Morgan fingerprint density at radius 1 is 1.12 bits per heavy atom. The summed E-state index contributed by atoms with van der Waals surface area (Å²) in [6, 6.07) is 0. The van der Waals surface area contributed by atoms with Crippen molar-refractivity contribution in [1.82, 2.24) is 0 Å². The van der Waals surface area contributed by atoms with E-state index in [0.717, 1.165) is 25.9 Å². The maximum Gasteiger partial charge on any atom is 0.333 e. The Bertz CT molecular complexity index is 238. The third-order valence-corrected chi connectivity index (χ3v) is 2.23. The predicted molar refractivity (Wildman–Crippen MR) is 69.9 cm³/mol. The van der Waals surface area contributed by atoms with Gasteiger partial charge in [0.05, 0.1) is 6.61 Å². The molecule has 0 saturated heterocycles. The molecule has 0 bridgehead atoms. The van der Waals surface area contributed by atoms with Crippen molar-refractivity contribution >= 4 is 5.97 Å². The van der Waals surface area contributed by atoms with Gasteiger partial charge in [-0.05, 0) is 25.2 Å². The van der Waals surface area contributed by atoms with Crippen molar-refractivity contribution in [2.24, 2.45) is 5.41 Å². The molecular weight excluding hydrogens is 216 g/mol. The van der Waals surface area contributed by atoms with Crippen LogP contribution in [0.1, 0.15) is 47.0 Å². The van der Waals surface area contributed by atoms with Crippen LogP contribution in [0.5, 0.6) is 0 Å². The summed E-state index contributed by atoms with van der Waals surface area (Å²) >= 11 is 0. The van der Waals surface area contributed by atoms with E-state index >= 15 is 0 Å². The summed E-state index contributed by atoms with van der Waals surface area (Å²) in [6.07, 6.45) is 2.99. The van der Waals surface area contributed by atoms with Gasteiger partial charge in [-0.25, -0.2) is 4.79 Å². The molecule has 0 unspecified atom stereocenters.